The fourth-order valence-corrected chi connectivity index (χ4v) is 3.60. The lowest BCUT2D eigenvalue weighted by Crippen LogP contribution is -2.39. The lowest BCUT2D eigenvalue weighted by atomic mass is 10.1. The predicted molar refractivity (Wildman–Crippen MR) is 120 cm³/mol. The summed E-state index contributed by atoms with van der Waals surface area (Å²) in [5.41, 5.74) is 3.55. The number of nitrogens with one attached hydrogen (secondary N) is 2. The van der Waals surface area contributed by atoms with E-state index in [1.54, 1.807) is 29.8 Å². The molecule has 0 spiro atoms. The molecule has 11 heteroatoms. The first-order chi connectivity index (χ1) is 16.2. The van der Waals surface area contributed by atoms with E-state index >= 15 is 0 Å². The van der Waals surface area contributed by atoms with Gasteiger partial charge in [0.15, 0.2) is 0 Å². The molecule has 1 fully saturated rings. The number of hydrogen-bond acceptors (Lipinski definition) is 5. The molecule has 1 saturated carbocycles. The number of aromatic nitrogens is 2. The minimum absolute atomic E-state index is 0.172. The van der Waals surface area contributed by atoms with E-state index in [4.69, 9.17) is 4.74 Å². The third-order valence-electron chi connectivity index (χ3n) is 5.20. The van der Waals surface area contributed by atoms with Crippen molar-refractivity contribution in [2.75, 3.05) is 5.32 Å². The van der Waals surface area contributed by atoms with Gasteiger partial charge in [-0.05, 0) is 51.0 Å². The maximum atomic E-state index is 13.2. The summed E-state index contributed by atoms with van der Waals surface area (Å²) in [6.45, 7) is 3.66. The number of alkyl halides is 3. The van der Waals surface area contributed by atoms with Crippen molar-refractivity contribution in [2.45, 2.75) is 45.5 Å². The van der Waals surface area contributed by atoms with Gasteiger partial charge >= 0.3 is 6.03 Å². The topological polar surface area (TPSA) is 100 Å². The van der Waals surface area contributed by atoms with E-state index in [0.717, 1.165) is 18.4 Å². The van der Waals surface area contributed by atoms with Gasteiger partial charge in [-0.15, -0.1) is 0 Å². The van der Waals surface area contributed by atoms with Crippen LogP contribution in [0.1, 0.15) is 32.3 Å². The number of hydrogen-bond donors (Lipinski definition) is 3. The van der Waals surface area contributed by atoms with E-state index in [-0.39, 0.29) is 17.7 Å². The van der Waals surface area contributed by atoms with Gasteiger partial charge in [-0.2, -0.15) is 0 Å². The van der Waals surface area contributed by atoms with Gasteiger partial charge in [0.25, 0.3) is 6.43 Å². The highest BCUT2D eigenvalue weighted by molar-refractivity contribution is 6.03. The van der Waals surface area contributed by atoms with Crippen LogP contribution in [0.15, 0.2) is 47.9 Å². The number of pyridine rings is 1. The van der Waals surface area contributed by atoms with Crippen molar-refractivity contribution in [1.29, 1.82) is 0 Å². The Morgan fingerprint density at radius 1 is 1.24 bits per heavy atom. The number of rotatable bonds is 8. The van der Waals surface area contributed by atoms with Crippen molar-refractivity contribution < 1.29 is 27.9 Å². The summed E-state index contributed by atoms with van der Waals surface area (Å²) in [5.74, 6) is 0.670. The van der Waals surface area contributed by atoms with Gasteiger partial charge < -0.3 is 20.6 Å². The second-order valence-corrected chi connectivity index (χ2v) is 8.29. The molecular weight excluding hydrogens is 451 g/mol. The van der Waals surface area contributed by atoms with Crippen LogP contribution in [0.4, 0.5) is 23.7 Å². The number of carbonyl (C=O) groups is 1. The van der Waals surface area contributed by atoms with E-state index in [1.807, 2.05) is 30.4 Å². The molecule has 1 aliphatic rings. The van der Waals surface area contributed by atoms with Crippen LogP contribution in [-0.4, -0.2) is 45.2 Å². The van der Waals surface area contributed by atoms with Crippen LogP contribution < -0.4 is 15.4 Å². The van der Waals surface area contributed by atoms with Crippen molar-refractivity contribution in [1.82, 2.24) is 14.7 Å². The smallest absolute Gasteiger partial charge is 0.321 e. The van der Waals surface area contributed by atoms with Gasteiger partial charge in [-0.1, -0.05) is 5.16 Å². The van der Waals surface area contributed by atoms with Crippen LogP contribution in [0.2, 0.25) is 0 Å². The SMILES string of the molecule is CC(C)Oc1cc(NC(=O)NC(F)C(F)F)cc(-c2cnc3cc(C(=NO)C4CC4)ccn23)c1. The number of anilines is 1. The Labute approximate surface area is 193 Å². The minimum Gasteiger partial charge on any atom is -0.491 e. The van der Waals surface area contributed by atoms with Gasteiger partial charge in [0.2, 0.25) is 6.30 Å². The standard InChI is InChI=1S/C23H24F3N5O3/c1-12(2)34-17-8-15(7-16(10-17)28-23(32)29-22(26)21(24)25)18-11-27-19-9-14(5-6-31(18)19)20(30-33)13-3-4-13/h5-13,21-22,33H,3-4H2,1-2H3,(H2,28,29,32). The molecule has 8 nitrogen and oxygen atoms in total. The summed E-state index contributed by atoms with van der Waals surface area (Å²) in [6.07, 6.45) is -0.894. The number of nitrogens with zero attached hydrogens (tertiary/aromatic N) is 3. The second-order valence-electron chi connectivity index (χ2n) is 8.29. The molecule has 2 amide bonds. The Kier molecular flexibility index (Phi) is 6.62. The average molecular weight is 475 g/mol. The molecule has 3 aromatic rings. The number of urea groups is 1. The largest absolute Gasteiger partial charge is 0.491 e. The van der Waals surface area contributed by atoms with Crippen LogP contribution in [0.5, 0.6) is 5.75 Å². The fraction of sp³-hybridized carbons (Fsp3) is 0.348. The van der Waals surface area contributed by atoms with E-state index < -0.39 is 18.8 Å². The Bertz CT molecular complexity index is 1220. The van der Waals surface area contributed by atoms with Crippen molar-refractivity contribution in [3.05, 3.63) is 48.3 Å². The molecule has 2 heterocycles. The molecule has 4 rings (SSSR count). The first-order valence-corrected chi connectivity index (χ1v) is 10.8. The Hall–Kier alpha value is -3.76. The third kappa shape index (κ3) is 5.24. The summed E-state index contributed by atoms with van der Waals surface area (Å²) in [5, 5.41) is 16.7. The Morgan fingerprint density at radius 3 is 2.65 bits per heavy atom. The van der Waals surface area contributed by atoms with E-state index in [2.05, 4.69) is 15.5 Å². The maximum Gasteiger partial charge on any atom is 0.321 e. The van der Waals surface area contributed by atoms with Gasteiger partial charge in [-0.25, -0.2) is 22.9 Å². The number of oxime groups is 1. The molecule has 180 valence electrons. The predicted octanol–water partition coefficient (Wildman–Crippen LogP) is 5.06. The summed E-state index contributed by atoms with van der Waals surface area (Å²) in [6, 6.07) is 7.41. The summed E-state index contributed by atoms with van der Waals surface area (Å²) < 4.78 is 45.6. The fourth-order valence-electron chi connectivity index (χ4n) is 3.60. The summed E-state index contributed by atoms with van der Waals surface area (Å²) >= 11 is 0. The molecule has 0 aliphatic heterocycles. The number of imidazole rings is 1. The van der Waals surface area contributed by atoms with Gasteiger partial charge in [-0.3, -0.25) is 4.40 Å². The van der Waals surface area contributed by atoms with Gasteiger partial charge in [0.1, 0.15) is 11.4 Å². The molecule has 2 aromatic heterocycles. The second kappa shape index (κ2) is 9.62. The van der Waals surface area contributed by atoms with Gasteiger partial charge in [0, 0.05) is 35.0 Å². The zero-order chi connectivity index (χ0) is 24.4. The Morgan fingerprint density at radius 2 is 2.00 bits per heavy atom. The summed E-state index contributed by atoms with van der Waals surface area (Å²) in [7, 11) is 0. The van der Waals surface area contributed by atoms with Gasteiger partial charge in [0.05, 0.1) is 23.7 Å². The highest BCUT2D eigenvalue weighted by atomic mass is 19.3. The zero-order valence-corrected chi connectivity index (χ0v) is 18.5. The van der Waals surface area contributed by atoms with Crippen molar-refractivity contribution in [3.63, 3.8) is 0 Å². The van der Waals surface area contributed by atoms with Crippen LogP contribution in [0, 0.1) is 5.92 Å². The zero-order valence-electron chi connectivity index (χ0n) is 18.5. The van der Waals surface area contributed by atoms with Crippen LogP contribution in [0.3, 0.4) is 0 Å². The van der Waals surface area contributed by atoms with Crippen LogP contribution >= 0.6 is 0 Å². The van der Waals surface area contributed by atoms with Crippen LogP contribution in [-0.2, 0) is 0 Å². The molecule has 0 saturated heterocycles. The molecule has 0 radical (unpaired) electrons. The number of carbonyl (C=O) groups excluding carboxylic acids is 1. The van der Waals surface area contributed by atoms with E-state index in [9.17, 15) is 23.2 Å². The molecule has 1 aliphatic carbocycles. The molecule has 34 heavy (non-hydrogen) atoms. The third-order valence-corrected chi connectivity index (χ3v) is 5.20. The molecule has 0 bridgehead atoms. The highest BCUT2D eigenvalue weighted by Crippen LogP contribution is 2.34. The first kappa shape index (κ1) is 23.4. The molecule has 1 atom stereocenters. The number of halogens is 3. The molecule has 1 unspecified atom stereocenters. The molecular formula is C23H24F3N5O3. The first-order valence-electron chi connectivity index (χ1n) is 10.8. The number of benzene rings is 1. The lowest BCUT2D eigenvalue weighted by Gasteiger charge is -2.15. The normalized spacial score (nSPS) is 15.1. The quantitative estimate of drug-likeness (QED) is 0.184. The Balaban J connectivity index is 1.67. The van der Waals surface area contributed by atoms with E-state index in [0.29, 0.717) is 28.4 Å². The average Bonchev–Trinajstić information content (AvgIpc) is 3.51. The van der Waals surface area contributed by atoms with Crippen molar-refractivity contribution in [3.8, 4) is 17.0 Å². The lowest BCUT2D eigenvalue weighted by molar-refractivity contribution is 0.0380. The minimum atomic E-state index is -3.34. The monoisotopic (exact) mass is 475 g/mol. The number of ether oxygens (including phenoxy) is 1. The number of amides is 2. The molecule has 3 N–H and O–H groups in total. The van der Waals surface area contributed by atoms with Crippen molar-refractivity contribution in [2.24, 2.45) is 11.1 Å². The summed E-state index contributed by atoms with van der Waals surface area (Å²) in [4.78, 5) is 16.4. The molecule has 1 aromatic carbocycles. The van der Waals surface area contributed by atoms with Crippen LogP contribution in [0.25, 0.3) is 16.9 Å². The highest BCUT2D eigenvalue weighted by Gasteiger charge is 2.29. The number of fused-ring (bicyclic) bond motifs is 1. The maximum absolute atomic E-state index is 13.2. The van der Waals surface area contributed by atoms with Crippen molar-refractivity contribution >= 4 is 23.1 Å². The van der Waals surface area contributed by atoms with E-state index in [1.165, 1.54) is 6.07 Å².